The van der Waals surface area contributed by atoms with E-state index < -0.39 is 29.7 Å². The van der Waals surface area contributed by atoms with E-state index in [1.807, 2.05) is 25.1 Å². The van der Waals surface area contributed by atoms with Crippen molar-refractivity contribution in [1.82, 2.24) is 15.5 Å². The number of amides is 3. The number of nitrogens with two attached hydrogens (primary N) is 1. The monoisotopic (exact) mass is 572 g/mol. The number of hydrogen-bond acceptors (Lipinski definition) is 7. The van der Waals surface area contributed by atoms with Crippen molar-refractivity contribution in [2.24, 2.45) is 11.7 Å². The molecule has 1 aromatic carbocycles. The lowest BCUT2D eigenvalue weighted by Crippen LogP contribution is -2.48. The molecule has 41 heavy (non-hydrogen) atoms. The van der Waals surface area contributed by atoms with Crippen molar-refractivity contribution in [1.29, 1.82) is 0 Å². The molecule has 0 aromatic heterocycles. The first-order valence-corrected chi connectivity index (χ1v) is 14.0. The average molecular weight is 573 g/mol. The summed E-state index contributed by atoms with van der Waals surface area (Å²) in [5, 5.41) is 14.6. The van der Waals surface area contributed by atoms with Crippen molar-refractivity contribution in [2.45, 2.75) is 90.4 Å². The molecule has 0 bridgehead atoms. The number of nitrogens with one attached hydrogen (secondary N) is 2. The second-order valence-electron chi connectivity index (χ2n) is 11.4. The van der Waals surface area contributed by atoms with E-state index in [2.05, 4.69) is 16.6 Å². The van der Waals surface area contributed by atoms with Gasteiger partial charge in [-0.2, -0.15) is 0 Å². The number of carbonyl (C=O) groups is 4. The molecule has 5 N–H and O–H groups in total. The van der Waals surface area contributed by atoms with Crippen LogP contribution in [0.15, 0.2) is 18.2 Å². The van der Waals surface area contributed by atoms with Crippen LogP contribution in [-0.4, -0.2) is 71.3 Å². The van der Waals surface area contributed by atoms with Gasteiger partial charge in [0.15, 0.2) is 0 Å². The highest BCUT2D eigenvalue weighted by Crippen LogP contribution is 2.23. The zero-order valence-electron chi connectivity index (χ0n) is 24.5. The molecule has 3 amide bonds. The Morgan fingerprint density at radius 2 is 2.00 bits per heavy atom. The van der Waals surface area contributed by atoms with Gasteiger partial charge in [0.1, 0.15) is 17.4 Å². The largest absolute Gasteiger partial charge is 0.494 e. The van der Waals surface area contributed by atoms with Gasteiger partial charge in [0.05, 0.1) is 19.1 Å². The molecule has 11 heteroatoms. The Morgan fingerprint density at radius 3 is 2.66 bits per heavy atom. The molecule has 0 spiro atoms. The number of likely N-dealkylation sites (tertiary alicyclic amines) is 1. The number of aryl methyl sites for hydroxylation is 1. The van der Waals surface area contributed by atoms with Crippen LogP contribution in [0, 0.1) is 25.2 Å². The second kappa shape index (κ2) is 15.9. The molecule has 226 valence electrons. The summed E-state index contributed by atoms with van der Waals surface area (Å²) in [6.45, 7) is 8.76. The number of hydrogen-bond donors (Lipinski definition) is 4. The van der Waals surface area contributed by atoms with Crippen molar-refractivity contribution >= 4 is 23.9 Å². The predicted octanol–water partition coefficient (Wildman–Crippen LogP) is 2.73. The third-order valence-electron chi connectivity index (χ3n) is 6.74. The summed E-state index contributed by atoms with van der Waals surface area (Å²) in [7, 11) is 0. The molecule has 0 saturated carbocycles. The smallest absolute Gasteiger partial charge is 0.408 e. The number of terminal acetylenes is 1. The normalized spacial score (nSPS) is 16.6. The first kappa shape index (κ1) is 33.4. The topological polar surface area (TPSA) is 160 Å². The maximum absolute atomic E-state index is 12.9. The summed E-state index contributed by atoms with van der Waals surface area (Å²) < 4.78 is 11.1. The van der Waals surface area contributed by atoms with Crippen molar-refractivity contribution in [2.75, 3.05) is 19.7 Å². The molecule has 1 unspecified atom stereocenters. The quantitative estimate of drug-likeness (QED) is 0.263. The van der Waals surface area contributed by atoms with Gasteiger partial charge in [-0.3, -0.25) is 9.59 Å². The lowest BCUT2D eigenvalue weighted by molar-refractivity contribution is -0.144. The first-order chi connectivity index (χ1) is 19.3. The van der Waals surface area contributed by atoms with Gasteiger partial charge < -0.3 is 35.8 Å². The van der Waals surface area contributed by atoms with Crippen LogP contribution < -0.4 is 21.1 Å². The number of alkyl carbamates (subject to hydrolysis) is 1. The number of nitrogens with zero attached hydrogens (tertiary/aromatic N) is 1. The number of carboxylic acids is 1. The maximum atomic E-state index is 12.9. The maximum Gasteiger partial charge on any atom is 0.408 e. The third-order valence-corrected chi connectivity index (χ3v) is 6.74. The fourth-order valence-corrected chi connectivity index (χ4v) is 4.44. The molecule has 1 aliphatic rings. The fraction of sp³-hybridized carbons (Fsp3) is 0.600. The minimum absolute atomic E-state index is 0.198. The van der Waals surface area contributed by atoms with Gasteiger partial charge in [-0.05, 0) is 82.6 Å². The van der Waals surface area contributed by atoms with Crippen LogP contribution in [0.1, 0.15) is 70.4 Å². The number of aliphatic carboxylic acids is 1. The summed E-state index contributed by atoms with van der Waals surface area (Å²) in [6, 6.07) is 3.67. The highest BCUT2D eigenvalue weighted by Gasteiger charge is 2.30. The molecule has 1 fully saturated rings. The average Bonchev–Trinajstić information content (AvgIpc) is 2.90. The molecule has 3 atom stereocenters. The van der Waals surface area contributed by atoms with Crippen molar-refractivity contribution in [3.63, 3.8) is 0 Å². The van der Waals surface area contributed by atoms with Crippen molar-refractivity contribution < 1.29 is 33.8 Å². The standard InChI is InChI=1S/C30H44N4O7/c1-6-7-10-24(31)27(36)32-18-22-16-23(12-11-20(22)2)40-15-13-21-9-8-14-34(19-21)26(35)17-25(28(37)38)33-29(39)41-30(3,4)5/h1,11-12,16,21,24-25H,7-10,13-15,17-19,31H2,2-5H3,(H,32,36)(H,33,39)(H,37,38)/t21?,24-,25-/m0/s1. The minimum atomic E-state index is -1.37. The Hall–Kier alpha value is -3.78. The summed E-state index contributed by atoms with van der Waals surface area (Å²) in [5.41, 5.74) is 7.02. The number of ether oxygens (including phenoxy) is 2. The van der Waals surface area contributed by atoms with Gasteiger partial charge in [-0.15, -0.1) is 12.3 Å². The minimum Gasteiger partial charge on any atom is -0.494 e. The van der Waals surface area contributed by atoms with Crippen LogP contribution in [0.3, 0.4) is 0 Å². The highest BCUT2D eigenvalue weighted by molar-refractivity contribution is 5.87. The Balaban J connectivity index is 1.84. The van der Waals surface area contributed by atoms with Gasteiger partial charge in [0.25, 0.3) is 0 Å². The van der Waals surface area contributed by atoms with Gasteiger partial charge >= 0.3 is 12.1 Å². The van der Waals surface area contributed by atoms with Crippen LogP contribution in [0.4, 0.5) is 4.79 Å². The SMILES string of the molecule is C#CCC[C@H](N)C(=O)NCc1cc(OCCC2CCCN(C(=O)C[C@H](NC(=O)OC(C)(C)C)C(=O)O)C2)ccc1C. The van der Waals surface area contributed by atoms with E-state index in [0.29, 0.717) is 51.3 Å². The Morgan fingerprint density at radius 1 is 1.27 bits per heavy atom. The third kappa shape index (κ3) is 12.1. The van der Waals surface area contributed by atoms with E-state index >= 15 is 0 Å². The van der Waals surface area contributed by atoms with E-state index in [9.17, 15) is 24.3 Å². The van der Waals surface area contributed by atoms with Crippen LogP contribution >= 0.6 is 0 Å². The number of carbonyl (C=O) groups excluding carboxylic acids is 3. The van der Waals surface area contributed by atoms with Gasteiger partial charge in [-0.1, -0.05) is 6.07 Å². The molecule has 1 aliphatic heterocycles. The van der Waals surface area contributed by atoms with Crippen molar-refractivity contribution in [3.8, 4) is 18.1 Å². The molecule has 1 heterocycles. The van der Waals surface area contributed by atoms with E-state index in [0.717, 1.165) is 24.0 Å². The summed E-state index contributed by atoms with van der Waals surface area (Å²) in [4.78, 5) is 50.4. The van der Waals surface area contributed by atoms with E-state index in [4.69, 9.17) is 21.6 Å². The lowest BCUT2D eigenvalue weighted by atomic mass is 9.94. The molecule has 1 aromatic rings. The number of rotatable bonds is 13. The van der Waals surface area contributed by atoms with E-state index in [1.165, 1.54) is 0 Å². The predicted molar refractivity (Wildman–Crippen MR) is 154 cm³/mol. The summed E-state index contributed by atoms with van der Waals surface area (Å²) >= 11 is 0. The molecule has 2 rings (SSSR count). The van der Waals surface area contributed by atoms with Crippen molar-refractivity contribution in [3.05, 3.63) is 29.3 Å². The van der Waals surface area contributed by atoms with Crippen LogP contribution in [0.5, 0.6) is 5.75 Å². The molecule has 0 aliphatic carbocycles. The highest BCUT2D eigenvalue weighted by atomic mass is 16.6. The number of piperidine rings is 1. The lowest BCUT2D eigenvalue weighted by Gasteiger charge is -2.33. The molecular weight excluding hydrogens is 528 g/mol. The summed E-state index contributed by atoms with van der Waals surface area (Å²) in [5.74, 6) is 1.48. The molecule has 11 nitrogen and oxygen atoms in total. The van der Waals surface area contributed by atoms with Crippen LogP contribution in [0.2, 0.25) is 0 Å². The summed E-state index contributed by atoms with van der Waals surface area (Å²) in [6.07, 6.45) is 7.32. The van der Waals surface area contributed by atoms with Crippen LogP contribution in [-0.2, 0) is 25.7 Å². The van der Waals surface area contributed by atoms with Gasteiger partial charge in [-0.25, -0.2) is 9.59 Å². The molecular formula is C30H44N4O7. The number of carboxylic acid groups (broad SMARTS) is 1. The zero-order valence-corrected chi connectivity index (χ0v) is 24.5. The Kier molecular flexibility index (Phi) is 12.9. The molecule has 1 saturated heterocycles. The molecule has 0 radical (unpaired) electrons. The Bertz CT molecular complexity index is 1110. The Labute approximate surface area is 242 Å². The van der Waals surface area contributed by atoms with Crippen LogP contribution in [0.25, 0.3) is 0 Å². The zero-order chi connectivity index (χ0) is 30.6. The van der Waals surface area contributed by atoms with E-state index in [-0.39, 0.29) is 24.2 Å². The van der Waals surface area contributed by atoms with Gasteiger partial charge in [0.2, 0.25) is 11.8 Å². The first-order valence-electron chi connectivity index (χ1n) is 14.0. The fourth-order valence-electron chi connectivity index (χ4n) is 4.44. The number of benzene rings is 1. The second-order valence-corrected chi connectivity index (χ2v) is 11.4. The van der Waals surface area contributed by atoms with Gasteiger partial charge in [0, 0.05) is 26.1 Å². The van der Waals surface area contributed by atoms with E-state index in [1.54, 1.807) is 25.7 Å².